The van der Waals surface area contributed by atoms with E-state index in [0.29, 0.717) is 23.7 Å². The average molecular weight is 348 g/mol. The Kier molecular flexibility index (Phi) is 5.01. The zero-order chi connectivity index (χ0) is 15.8. The number of nitrogens with two attached hydrogens (primary N) is 1. The lowest BCUT2D eigenvalue weighted by molar-refractivity contribution is -0.137. The standard InChI is InChI=1S/C15H16F3N3O.ClH/c16-15(17,18)11-5-3-10(4-6-11)9-12-20-13(21-22-12)14(19)7-1-2-8-14;/h3-6H,1-2,7-9,19H2;1H. The third-order valence-corrected chi connectivity index (χ3v) is 4.05. The lowest BCUT2D eigenvalue weighted by Gasteiger charge is -2.17. The van der Waals surface area contributed by atoms with E-state index in [-0.39, 0.29) is 12.4 Å². The summed E-state index contributed by atoms with van der Waals surface area (Å²) < 4.78 is 42.7. The first kappa shape index (κ1) is 17.7. The highest BCUT2D eigenvalue weighted by molar-refractivity contribution is 5.85. The molecule has 4 nitrogen and oxygen atoms in total. The van der Waals surface area contributed by atoms with E-state index >= 15 is 0 Å². The number of nitrogens with zero attached hydrogens (tertiary/aromatic N) is 2. The molecule has 2 N–H and O–H groups in total. The van der Waals surface area contributed by atoms with E-state index in [0.717, 1.165) is 37.8 Å². The van der Waals surface area contributed by atoms with Gasteiger partial charge in [-0.25, -0.2) is 0 Å². The third kappa shape index (κ3) is 3.84. The molecular formula is C15H17ClF3N3O. The molecule has 0 radical (unpaired) electrons. The Morgan fingerprint density at radius 3 is 2.30 bits per heavy atom. The summed E-state index contributed by atoms with van der Waals surface area (Å²) >= 11 is 0. The van der Waals surface area contributed by atoms with Crippen molar-refractivity contribution in [2.45, 2.75) is 43.8 Å². The van der Waals surface area contributed by atoms with Crippen LogP contribution in [-0.2, 0) is 18.1 Å². The molecule has 1 aromatic carbocycles. The van der Waals surface area contributed by atoms with Crippen molar-refractivity contribution in [1.29, 1.82) is 0 Å². The number of halogens is 4. The highest BCUT2D eigenvalue weighted by Gasteiger charge is 2.36. The van der Waals surface area contributed by atoms with Gasteiger partial charge in [0.05, 0.1) is 17.5 Å². The van der Waals surface area contributed by atoms with E-state index in [9.17, 15) is 13.2 Å². The molecule has 0 amide bonds. The molecule has 2 aromatic rings. The van der Waals surface area contributed by atoms with Crippen molar-refractivity contribution in [3.05, 3.63) is 47.1 Å². The first-order chi connectivity index (χ1) is 10.4. The van der Waals surface area contributed by atoms with Crippen molar-refractivity contribution in [1.82, 2.24) is 10.1 Å². The molecule has 1 aromatic heterocycles. The molecule has 1 aliphatic rings. The molecule has 1 fully saturated rings. The van der Waals surface area contributed by atoms with E-state index in [1.807, 2.05) is 0 Å². The number of aromatic nitrogens is 2. The fourth-order valence-electron chi connectivity index (χ4n) is 2.74. The lowest BCUT2D eigenvalue weighted by atomic mass is 9.99. The summed E-state index contributed by atoms with van der Waals surface area (Å²) in [5.74, 6) is 0.860. The van der Waals surface area contributed by atoms with E-state index in [2.05, 4.69) is 10.1 Å². The van der Waals surface area contributed by atoms with Gasteiger partial charge in [-0.1, -0.05) is 30.1 Å². The molecule has 1 heterocycles. The van der Waals surface area contributed by atoms with Gasteiger partial charge < -0.3 is 10.3 Å². The van der Waals surface area contributed by atoms with E-state index < -0.39 is 17.3 Å². The Hall–Kier alpha value is -1.60. The highest BCUT2D eigenvalue weighted by atomic mass is 35.5. The molecule has 126 valence electrons. The van der Waals surface area contributed by atoms with Crippen molar-refractivity contribution in [2.75, 3.05) is 0 Å². The molecule has 3 rings (SSSR count). The summed E-state index contributed by atoms with van der Waals surface area (Å²) in [5, 5.41) is 3.93. The quantitative estimate of drug-likeness (QED) is 0.916. The predicted octanol–water partition coefficient (Wildman–Crippen LogP) is 3.83. The minimum absolute atomic E-state index is 0. The van der Waals surface area contributed by atoms with Crippen molar-refractivity contribution in [2.24, 2.45) is 5.73 Å². The molecule has 8 heteroatoms. The van der Waals surface area contributed by atoms with E-state index in [1.54, 1.807) is 0 Å². The zero-order valence-electron chi connectivity index (χ0n) is 12.3. The second-order valence-corrected chi connectivity index (χ2v) is 5.75. The van der Waals surface area contributed by atoms with Crippen LogP contribution in [0.1, 0.15) is 48.5 Å². The molecule has 0 atom stereocenters. The molecule has 0 aliphatic heterocycles. The van der Waals surface area contributed by atoms with Gasteiger partial charge in [0.25, 0.3) is 0 Å². The van der Waals surface area contributed by atoms with Crippen molar-refractivity contribution in [3.63, 3.8) is 0 Å². The first-order valence-corrected chi connectivity index (χ1v) is 7.15. The molecule has 0 bridgehead atoms. The summed E-state index contributed by atoms with van der Waals surface area (Å²) in [4.78, 5) is 4.31. The highest BCUT2D eigenvalue weighted by Crippen LogP contribution is 2.34. The molecule has 1 aliphatic carbocycles. The van der Waals surface area contributed by atoms with Gasteiger partial charge in [-0.2, -0.15) is 18.2 Å². The van der Waals surface area contributed by atoms with Crippen LogP contribution in [0.3, 0.4) is 0 Å². The van der Waals surface area contributed by atoms with Crippen LogP contribution in [0.25, 0.3) is 0 Å². The molecule has 23 heavy (non-hydrogen) atoms. The average Bonchev–Trinajstić information content (AvgIpc) is 3.09. The predicted molar refractivity (Wildman–Crippen MR) is 80.1 cm³/mol. The van der Waals surface area contributed by atoms with Crippen molar-refractivity contribution in [3.8, 4) is 0 Å². The smallest absolute Gasteiger partial charge is 0.339 e. The van der Waals surface area contributed by atoms with Gasteiger partial charge in [0.1, 0.15) is 0 Å². The maximum absolute atomic E-state index is 12.5. The van der Waals surface area contributed by atoms with Gasteiger partial charge >= 0.3 is 6.18 Å². The number of benzene rings is 1. The fraction of sp³-hybridized carbons (Fsp3) is 0.467. The Labute approximate surface area is 137 Å². The van der Waals surface area contributed by atoms with Gasteiger partial charge in [-0.3, -0.25) is 0 Å². The van der Waals surface area contributed by atoms with Crippen LogP contribution in [0.2, 0.25) is 0 Å². The molecule has 0 spiro atoms. The van der Waals surface area contributed by atoms with Crippen LogP contribution in [0, 0.1) is 0 Å². The number of hydrogen-bond donors (Lipinski definition) is 1. The van der Waals surface area contributed by atoms with Crippen LogP contribution < -0.4 is 5.73 Å². The Bertz CT molecular complexity index is 649. The third-order valence-electron chi connectivity index (χ3n) is 4.05. The second kappa shape index (κ2) is 6.49. The summed E-state index contributed by atoms with van der Waals surface area (Å²) in [6.07, 6.45) is -0.303. The lowest BCUT2D eigenvalue weighted by Crippen LogP contribution is -2.34. The normalized spacial score (nSPS) is 17.0. The van der Waals surface area contributed by atoms with Crippen molar-refractivity contribution >= 4 is 12.4 Å². The van der Waals surface area contributed by atoms with Crippen molar-refractivity contribution < 1.29 is 17.7 Å². The topological polar surface area (TPSA) is 64.9 Å². The van der Waals surface area contributed by atoms with Gasteiger partial charge in [0, 0.05) is 0 Å². The van der Waals surface area contributed by atoms with Gasteiger partial charge in [-0.15, -0.1) is 12.4 Å². The van der Waals surface area contributed by atoms with Gasteiger partial charge in [0.2, 0.25) is 5.89 Å². The number of hydrogen-bond acceptors (Lipinski definition) is 4. The van der Waals surface area contributed by atoms with E-state index in [1.165, 1.54) is 12.1 Å². The van der Waals surface area contributed by atoms with Crippen LogP contribution in [0.5, 0.6) is 0 Å². The summed E-state index contributed by atoms with van der Waals surface area (Å²) in [6, 6.07) is 4.93. The maximum Gasteiger partial charge on any atom is 0.416 e. The molecule has 1 saturated carbocycles. The Morgan fingerprint density at radius 1 is 1.13 bits per heavy atom. The van der Waals surface area contributed by atoms with Crippen LogP contribution in [-0.4, -0.2) is 10.1 Å². The Balaban J connectivity index is 0.00000192. The minimum atomic E-state index is -4.33. The molecule has 0 unspecified atom stereocenters. The summed E-state index contributed by atoms with van der Waals surface area (Å²) in [7, 11) is 0. The summed E-state index contributed by atoms with van der Waals surface area (Å²) in [5.41, 5.74) is 5.73. The zero-order valence-corrected chi connectivity index (χ0v) is 13.1. The largest absolute Gasteiger partial charge is 0.416 e. The Morgan fingerprint density at radius 2 is 1.74 bits per heavy atom. The minimum Gasteiger partial charge on any atom is -0.339 e. The number of alkyl halides is 3. The molecule has 0 saturated heterocycles. The number of rotatable bonds is 3. The van der Waals surface area contributed by atoms with Gasteiger partial charge in [-0.05, 0) is 30.5 Å². The SMILES string of the molecule is Cl.NC1(c2noc(Cc3ccc(C(F)(F)F)cc3)n2)CCCC1. The fourth-order valence-corrected chi connectivity index (χ4v) is 2.74. The summed E-state index contributed by atoms with van der Waals surface area (Å²) in [6.45, 7) is 0. The maximum atomic E-state index is 12.5. The monoisotopic (exact) mass is 347 g/mol. The first-order valence-electron chi connectivity index (χ1n) is 7.15. The second-order valence-electron chi connectivity index (χ2n) is 5.75. The van der Waals surface area contributed by atoms with E-state index in [4.69, 9.17) is 10.3 Å². The van der Waals surface area contributed by atoms with Crippen LogP contribution in [0.15, 0.2) is 28.8 Å². The molecular weight excluding hydrogens is 331 g/mol. The van der Waals surface area contributed by atoms with Gasteiger partial charge in [0.15, 0.2) is 5.82 Å². The van der Waals surface area contributed by atoms with Crippen LogP contribution >= 0.6 is 12.4 Å². The van der Waals surface area contributed by atoms with Crippen LogP contribution in [0.4, 0.5) is 13.2 Å².